The first-order valence-electron chi connectivity index (χ1n) is 4.86. The molecule has 1 aromatic heterocycles. The Bertz CT molecular complexity index is 584. The van der Waals surface area contributed by atoms with E-state index in [0.29, 0.717) is 5.02 Å². The van der Waals surface area contributed by atoms with Crippen molar-refractivity contribution in [3.05, 3.63) is 28.8 Å². The summed E-state index contributed by atoms with van der Waals surface area (Å²) in [4.78, 5) is 15.6. The number of aromatic hydroxyl groups is 1. The van der Waals surface area contributed by atoms with Gasteiger partial charge in [-0.05, 0) is 18.2 Å². The second-order valence-corrected chi connectivity index (χ2v) is 3.72. The third-order valence-corrected chi connectivity index (χ3v) is 2.32. The minimum atomic E-state index is -0.561. The van der Waals surface area contributed by atoms with Gasteiger partial charge in [-0.15, -0.1) is 5.10 Å². The average Bonchev–Trinajstić information content (AvgIpc) is 2.80. The van der Waals surface area contributed by atoms with Crippen molar-refractivity contribution < 1.29 is 14.6 Å². The molecule has 1 aromatic carbocycles. The number of ether oxygens (including phenoxy) is 1. The molecule has 0 fully saturated rings. The molecule has 2 aromatic rings. The first-order chi connectivity index (χ1) is 8.60. The standard InChI is InChI=1S/C10H9ClN4O3/c1-18-10-13-9(14-15-10)12-8(17)6-4-5(11)2-3-7(6)16/h2-4,16H,1H3,(H2,12,13,14,15,17). The number of phenolic OH excluding ortho intramolecular Hbond substituents is 1. The molecule has 2 rings (SSSR count). The van der Waals surface area contributed by atoms with Gasteiger partial charge in [0, 0.05) is 5.02 Å². The van der Waals surface area contributed by atoms with Crippen molar-refractivity contribution in [1.29, 1.82) is 0 Å². The van der Waals surface area contributed by atoms with Gasteiger partial charge in [0.1, 0.15) is 5.75 Å². The van der Waals surface area contributed by atoms with E-state index in [1.807, 2.05) is 0 Å². The second-order valence-electron chi connectivity index (χ2n) is 3.29. The number of methoxy groups -OCH3 is 1. The summed E-state index contributed by atoms with van der Waals surface area (Å²) in [6.45, 7) is 0. The number of hydrogen-bond donors (Lipinski definition) is 3. The highest BCUT2D eigenvalue weighted by molar-refractivity contribution is 6.31. The Morgan fingerprint density at radius 2 is 2.33 bits per heavy atom. The summed E-state index contributed by atoms with van der Waals surface area (Å²) in [5.41, 5.74) is 0.0397. The van der Waals surface area contributed by atoms with Crippen LogP contribution in [0.15, 0.2) is 18.2 Å². The SMILES string of the molecule is COc1n[nH]c(NC(=O)c2cc(Cl)ccc2O)n1. The number of halogens is 1. The number of benzene rings is 1. The number of phenols is 1. The molecular weight excluding hydrogens is 260 g/mol. The summed E-state index contributed by atoms with van der Waals surface area (Å²) in [5.74, 6) is -0.631. The Kier molecular flexibility index (Phi) is 3.33. The number of anilines is 1. The number of hydrogen-bond acceptors (Lipinski definition) is 5. The Hall–Kier alpha value is -2.28. The predicted octanol–water partition coefficient (Wildman–Crippen LogP) is 1.42. The lowest BCUT2D eigenvalue weighted by atomic mass is 10.2. The van der Waals surface area contributed by atoms with E-state index in [1.165, 1.54) is 25.3 Å². The topological polar surface area (TPSA) is 100 Å². The minimum Gasteiger partial charge on any atom is -0.507 e. The molecule has 0 saturated carbocycles. The molecule has 94 valence electrons. The van der Waals surface area contributed by atoms with Crippen LogP contribution in [0.3, 0.4) is 0 Å². The van der Waals surface area contributed by atoms with E-state index >= 15 is 0 Å². The van der Waals surface area contributed by atoms with Crippen molar-refractivity contribution in [2.45, 2.75) is 0 Å². The van der Waals surface area contributed by atoms with Crippen LogP contribution in [-0.4, -0.2) is 33.3 Å². The monoisotopic (exact) mass is 268 g/mol. The molecule has 7 nitrogen and oxygen atoms in total. The molecule has 8 heteroatoms. The summed E-state index contributed by atoms with van der Waals surface area (Å²) in [6, 6.07) is 4.25. The molecule has 0 spiro atoms. The van der Waals surface area contributed by atoms with Crippen molar-refractivity contribution in [2.75, 3.05) is 12.4 Å². The zero-order valence-electron chi connectivity index (χ0n) is 9.27. The van der Waals surface area contributed by atoms with Gasteiger partial charge in [0.2, 0.25) is 5.95 Å². The molecule has 0 unspecified atom stereocenters. The van der Waals surface area contributed by atoms with E-state index in [-0.39, 0.29) is 23.3 Å². The number of nitrogens with one attached hydrogen (secondary N) is 2. The van der Waals surface area contributed by atoms with Crippen LogP contribution in [0.25, 0.3) is 0 Å². The zero-order valence-corrected chi connectivity index (χ0v) is 10.0. The fourth-order valence-corrected chi connectivity index (χ4v) is 1.43. The van der Waals surface area contributed by atoms with Gasteiger partial charge >= 0.3 is 6.01 Å². The van der Waals surface area contributed by atoms with E-state index in [1.54, 1.807) is 0 Å². The van der Waals surface area contributed by atoms with Crippen LogP contribution in [0, 0.1) is 0 Å². The summed E-state index contributed by atoms with van der Waals surface area (Å²) in [5, 5.41) is 18.4. The maximum absolute atomic E-state index is 11.8. The second kappa shape index (κ2) is 4.92. The molecule has 0 saturated heterocycles. The Balaban J connectivity index is 2.19. The van der Waals surface area contributed by atoms with Crippen LogP contribution in [0.5, 0.6) is 11.8 Å². The molecule has 0 radical (unpaired) electrons. The molecule has 1 heterocycles. The number of rotatable bonds is 3. The number of carbonyl (C=O) groups excluding carboxylic acids is 1. The van der Waals surface area contributed by atoms with E-state index in [9.17, 15) is 9.90 Å². The lowest BCUT2D eigenvalue weighted by Gasteiger charge is -2.04. The summed E-state index contributed by atoms with van der Waals surface area (Å²) >= 11 is 5.74. The highest BCUT2D eigenvalue weighted by atomic mass is 35.5. The normalized spacial score (nSPS) is 10.1. The molecule has 0 aliphatic heterocycles. The summed E-state index contributed by atoms with van der Waals surface area (Å²) in [7, 11) is 1.40. The Morgan fingerprint density at radius 3 is 3.00 bits per heavy atom. The smallest absolute Gasteiger partial charge is 0.336 e. The first kappa shape index (κ1) is 12.2. The first-order valence-corrected chi connectivity index (χ1v) is 5.24. The number of amides is 1. The fourth-order valence-electron chi connectivity index (χ4n) is 1.26. The van der Waals surface area contributed by atoms with E-state index < -0.39 is 5.91 Å². The van der Waals surface area contributed by atoms with Crippen molar-refractivity contribution in [1.82, 2.24) is 15.2 Å². The molecule has 0 atom stereocenters. The zero-order chi connectivity index (χ0) is 13.1. The van der Waals surface area contributed by atoms with Gasteiger partial charge < -0.3 is 9.84 Å². The molecule has 0 aliphatic rings. The Labute approximate surface area is 107 Å². The number of nitrogens with zero attached hydrogens (tertiary/aromatic N) is 2. The Morgan fingerprint density at radius 1 is 1.56 bits per heavy atom. The van der Waals surface area contributed by atoms with Gasteiger partial charge in [-0.3, -0.25) is 10.1 Å². The third-order valence-electron chi connectivity index (χ3n) is 2.08. The molecular formula is C10H9ClN4O3. The maximum atomic E-state index is 11.8. The van der Waals surface area contributed by atoms with E-state index in [0.717, 1.165) is 0 Å². The van der Waals surface area contributed by atoms with Crippen molar-refractivity contribution >= 4 is 23.5 Å². The molecule has 0 bridgehead atoms. The van der Waals surface area contributed by atoms with Crippen LogP contribution in [0.4, 0.5) is 5.95 Å². The lowest BCUT2D eigenvalue weighted by Crippen LogP contribution is -2.13. The number of aromatic amines is 1. The van der Waals surface area contributed by atoms with Gasteiger partial charge in [0.15, 0.2) is 0 Å². The van der Waals surface area contributed by atoms with Gasteiger partial charge in [-0.25, -0.2) is 5.10 Å². The van der Waals surface area contributed by atoms with Crippen molar-refractivity contribution in [3.63, 3.8) is 0 Å². The largest absolute Gasteiger partial charge is 0.507 e. The third kappa shape index (κ3) is 2.51. The lowest BCUT2D eigenvalue weighted by molar-refractivity contribution is 0.102. The number of aromatic nitrogens is 3. The highest BCUT2D eigenvalue weighted by Gasteiger charge is 2.14. The van der Waals surface area contributed by atoms with Gasteiger partial charge in [-0.1, -0.05) is 11.6 Å². The maximum Gasteiger partial charge on any atom is 0.336 e. The predicted molar refractivity (Wildman–Crippen MR) is 64.0 cm³/mol. The van der Waals surface area contributed by atoms with Crippen LogP contribution in [0.2, 0.25) is 5.02 Å². The minimum absolute atomic E-state index is 0.0397. The quantitative estimate of drug-likeness (QED) is 0.782. The molecule has 1 amide bonds. The van der Waals surface area contributed by atoms with E-state index in [2.05, 4.69) is 20.5 Å². The van der Waals surface area contributed by atoms with Crippen molar-refractivity contribution in [3.8, 4) is 11.8 Å². The fraction of sp³-hybridized carbons (Fsp3) is 0.100. The molecule has 0 aliphatic carbocycles. The number of carbonyl (C=O) groups is 1. The van der Waals surface area contributed by atoms with Gasteiger partial charge in [0.25, 0.3) is 5.91 Å². The molecule has 3 N–H and O–H groups in total. The average molecular weight is 269 g/mol. The van der Waals surface area contributed by atoms with Crippen LogP contribution in [0.1, 0.15) is 10.4 Å². The van der Waals surface area contributed by atoms with Crippen LogP contribution >= 0.6 is 11.6 Å². The van der Waals surface area contributed by atoms with Crippen LogP contribution in [-0.2, 0) is 0 Å². The van der Waals surface area contributed by atoms with Crippen LogP contribution < -0.4 is 10.1 Å². The highest BCUT2D eigenvalue weighted by Crippen LogP contribution is 2.22. The van der Waals surface area contributed by atoms with Gasteiger partial charge in [0.05, 0.1) is 12.7 Å². The van der Waals surface area contributed by atoms with E-state index in [4.69, 9.17) is 16.3 Å². The molecule has 18 heavy (non-hydrogen) atoms. The van der Waals surface area contributed by atoms with Crippen molar-refractivity contribution in [2.24, 2.45) is 0 Å². The van der Waals surface area contributed by atoms with Gasteiger partial charge in [-0.2, -0.15) is 4.98 Å². The summed E-state index contributed by atoms with van der Waals surface area (Å²) < 4.78 is 4.75. The number of H-pyrrole nitrogens is 1. The summed E-state index contributed by atoms with van der Waals surface area (Å²) in [6.07, 6.45) is 0.